The van der Waals surface area contributed by atoms with Crippen LogP contribution in [0, 0.1) is 0 Å². The molecule has 0 saturated carbocycles. The molecule has 8 heteroatoms. The zero-order chi connectivity index (χ0) is 25.1. The van der Waals surface area contributed by atoms with Crippen LogP contribution in [0.25, 0.3) is 0 Å². The molecule has 2 aromatic carbocycles. The van der Waals surface area contributed by atoms with E-state index in [9.17, 15) is 0 Å². The maximum atomic E-state index is 6.05. The summed E-state index contributed by atoms with van der Waals surface area (Å²) in [5.41, 5.74) is 2.20. The van der Waals surface area contributed by atoms with Gasteiger partial charge in [-0.25, -0.2) is 0 Å². The van der Waals surface area contributed by atoms with Gasteiger partial charge in [0.1, 0.15) is 48.4 Å². The van der Waals surface area contributed by atoms with Crippen LogP contribution in [0.5, 0.6) is 23.0 Å². The van der Waals surface area contributed by atoms with Gasteiger partial charge in [-0.2, -0.15) is 0 Å². The quantitative estimate of drug-likeness (QED) is 0.405. The number of hydrogen-bond acceptors (Lipinski definition) is 8. The van der Waals surface area contributed by atoms with Crippen molar-refractivity contribution in [2.24, 2.45) is 0 Å². The second-order valence-electron chi connectivity index (χ2n) is 9.66. The van der Waals surface area contributed by atoms with Crippen LogP contribution in [-0.2, 0) is 9.47 Å². The third-order valence-corrected chi connectivity index (χ3v) is 6.74. The molecule has 3 fully saturated rings. The molecule has 4 atom stereocenters. The van der Waals surface area contributed by atoms with Gasteiger partial charge in [-0.05, 0) is 52.0 Å². The van der Waals surface area contributed by atoms with Crippen molar-refractivity contribution in [1.29, 1.82) is 0 Å². The second kappa shape index (κ2) is 11.0. The van der Waals surface area contributed by atoms with Gasteiger partial charge < -0.3 is 38.2 Å². The van der Waals surface area contributed by atoms with Gasteiger partial charge in [0.25, 0.3) is 0 Å². The topological polar surface area (TPSA) is 68.5 Å². The number of anilines is 2. The van der Waals surface area contributed by atoms with Crippen molar-refractivity contribution in [2.45, 2.75) is 52.0 Å². The molecule has 0 N–H and O–H groups in total. The van der Waals surface area contributed by atoms with Gasteiger partial charge in [0.2, 0.25) is 0 Å². The number of benzene rings is 2. The molecule has 4 unspecified atom stereocenters. The average Bonchev–Trinajstić information content (AvgIpc) is 3.79. The number of epoxide rings is 2. The van der Waals surface area contributed by atoms with E-state index in [-0.39, 0.29) is 24.3 Å². The van der Waals surface area contributed by atoms with E-state index in [1.807, 2.05) is 38.1 Å². The Labute approximate surface area is 214 Å². The van der Waals surface area contributed by atoms with Crippen LogP contribution < -0.4 is 28.7 Å². The molecule has 0 amide bonds. The highest BCUT2D eigenvalue weighted by Crippen LogP contribution is 2.39. The van der Waals surface area contributed by atoms with E-state index in [0.717, 1.165) is 60.7 Å². The van der Waals surface area contributed by atoms with Crippen molar-refractivity contribution in [2.75, 3.05) is 62.5 Å². The number of hydrogen-bond donors (Lipinski definition) is 0. The van der Waals surface area contributed by atoms with E-state index in [0.29, 0.717) is 26.4 Å². The summed E-state index contributed by atoms with van der Waals surface area (Å²) in [7, 11) is 0. The van der Waals surface area contributed by atoms with Crippen LogP contribution in [0.3, 0.4) is 0 Å². The minimum absolute atomic E-state index is 0.226. The van der Waals surface area contributed by atoms with E-state index in [4.69, 9.17) is 28.4 Å². The summed E-state index contributed by atoms with van der Waals surface area (Å²) in [6.45, 7) is 14.2. The number of rotatable bonds is 12. The van der Waals surface area contributed by atoms with Crippen molar-refractivity contribution in [3.05, 3.63) is 36.4 Å². The van der Waals surface area contributed by atoms with E-state index in [2.05, 4.69) is 35.8 Å². The molecule has 5 rings (SSSR count). The van der Waals surface area contributed by atoms with Gasteiger partial charge in [0.15, 0.2) is 0 Å². The summed E-state index contributed by atoms with van der Waals surface area (Å²) >= 11 is 0. The summed E-state index contributed by atoms with van der Waals surface area (Å²) in [5, 5.41) is 0. The lowest BCUT2D eigenvalue weighted by Crippen LogP contribution is -2.57. The van der Waals surface area contributed by atoms with Crippen molar-refractivity contribution >= 4 is 11.4 Å². The second-order valence-corrected chi connectivity index (χ2v) is 9.66. The van der Waals surface area contributed by atoms with Gasteiger partial charge in [-0.15, -0.1) is 0 Å². The van der Waals surface area contributed by atoms with E-state index >= 15 is 0 Å². The minimum Gasteiger partial charge on any atom is -0.492 e. The Balaban J connectivity index is 1.31. The predicted octanol–water partition coefficient (Wildman–Crippen LogP) is 4.14. The Hall–Kier alpha value is -2.84. The molecule has 0 aromatic heterocycles. The lowest BCUT2D eigenvalue weighted by Gasteiger charge is -2.47. The standard InChI is InChI=1S/C28H38N2O6/c1-5-31-27-11-21(33-15-23-17-35-23)7-9-25(27)29-13-20(4)30(14-19(29)3)26-10-8-22(12-28(26)32-6-2)34-16-24-18-36-24/h7-12,19-20,23-24H,5-6,13-18H2,1-4H3. The predicted molar refractivity (Wildman–Crippen MR) is 139 cm³/mol. The van der Waals surface area contributed by atoms with Gasteiger partial charge in [0, 0.05) is 37.3 Å². The fourth-order valence-electron chi connectivity index (χ4n) is 4.69. The molecule has 0 aliphatic carbocycles. The molecule has 0 bridgehead atoms. The summed E-state index contributed by atoms with van der Waals surface area (Å²) in [6, 6.07) is 12.8. The zero-order valence-corrected chi connectivity index (χ0v) is 21.8. The van der Waals surface area contributed by atoms with E-state index < -0.39 is 0 Å². The lowest BCUT2D eigenvalue weighted by atomic mass is 10.0. The van der Waals surface area contributed by atoms with Crippen molar-refractivity contribution in [1.82, 2.24) is 0 Å². The van der Waals surface area contributed by atoms with Crippen molar-refractivity contribution in [3.63, 3.8) is 0 Å². The fraction of sp³-hybridized carbons (Fsp3) is 0.571. The summed E-state index contributed by atoms with van der Waals surface area (Å²) in [5.74, 6) is 3.34. The molecule has 8 nitrogen and oxygen atoms in total. The molecular formula is C28H38N2O6. The fourth-order valence-corrected chi connectivity index (χ4v) is 4.69. The molecule has 3 saturated heterocycles. The molecule has 0 spiro atoms. The summed E-state index contributed by atoms with van der Waals surface area (Å²) < 4.78 is 34.4. The Kier molecular flexibility index (Phi) is 7.62. The first-order valence-electron chi connectivity index (χ1n) is 13.1. The third-order valence-electron chi connectivity index (χ3n) is 6.74. The molecular weight excluding hydrogens is 460 g/mol. The monoisotopic (exact) mass is 498 g/mol. The first kappa shape index (κ1) is 24.8. The van der Waals surface area contributed by atoms with Crippen LogP contribution in [-0.4, -0.2) is 77.0 Å². The highest BCUT2D eigenvalue weighted by Gasteiger charge is 2.33. The van der Waals surface area contributed by atoms with Crippen LogP contribution >= 0.6 is 0 Å². The van der Waals surface area contributed by atoms with Crippen LogP contribution in [0.4, 0.5) is 11.4 Å². The highest BCUT2D eigenvalue weighted by atomic mass is 16.6. The summed E-state index contributed by atoms with van der Waals surface area (Å²) in [6.07, 6.45) is 0.451. The summed E-state index contributed by atoms with van der Waals surface area (Å²) in [4.78, 5) is 4.88. The zero-order valence-electron chi connectivity index (χ0n) is 21.8. The van der Waals surface area contributed by atoms with E-state index in [1.54, 1.807) is 0 Å². The molecule has 3 heterocycles. The highest BCUT2D eigenvalue weighted by molar-refractivity contribution is 5.66. The minimum atomic E-state index is 0.226. The molecule has 3 aliphatic rings. The van der Waals surface area contributed by atoms with Gasteiger partial charge in [-0.1, -0.05) is 0 Å². The van der Waals surface area contributed by atoms with E-state index in [1.165, 1.54) is 0 Å². The van der Waals surface area contributed by atoms with Crippen molar-refractivity contribution in [3.8, 4) is 23.0 Å². The molecule has 36 heavy (non-hydrogen) atoms. The Bertz CT molecular complexity index is 944. The number of piperazine rings is 1. The first-order valence-corrected chi connectivity index (χ1v) is 13.1. The Morgan fingerprint density at radius 2 is 1.11 bits per heavy atom. The molecule has 0 radical (unpaired) electrons. The maximum Gasteiger partial charge on any atom is 0.146 e. The average molecular weight is 499 g/mol. The van der Waals surface area contributed by atoms with Crippen LogP contribution in [0.1, 0.15) is 27.7 Å². The number of nitrogens with zero attached hydrogens (tertiary/aromatic N) is 2. The molecule has 2 aromatic rings. The van der Waals surface area contributed by atoms with Gasteiger partial charge >= 0.3 is 0 Å². The van der Waals surface area contributed by atoms with Crippen LogP contribution in [0.15, 0.2) is 36.4 Å². The van der Waals surface area contributed by atoms with Gasteiger partial charge in [0.05, 0.1) is 37.8 Å². The number of ether oxygens (including phenoxy) is 6. The lowest BCUT2D eigenvalue weighted by molar-refractivity contribution is 0.261. The first-order chi connectivity index (χ1) is 17.6. The van der Waals surface area contributed by atoms with Crippen molar-refractivity contribution < 1.29 is 28.4 Å². The molecule has 196 valence electrons. The third kappa shape index (κ3) is 5.93. The van der Waals surface area contributed by atoms with Gasteiger partial charge in [-0.3, -0.25) is 0 Å². The van der Waals surface area contributed by atoms with Crippen LogP contribution in [0.2, 0.25) is 0 Å². The Morgan fingerprint density at radius 3 is 1.47 bits per heavy atom. The SMILES string of the molecule is CCOc1cc(OCC2CO2)ccc1N1CC(C)N(c2ccc(OCC3CO3)cc2OCC)CC1C. The maximum absolute atomic E-state index is 6.05. The normalized spacial score (nSPS) is 24.9. The Morgan fingerprint density at radius 1 is 0.694 bits per heavy atom. The largest absolute Gasteiger partial charge is 0.492 e. The molecule has 3 aliphatic heterocycles. The smallest absolute Gasteiger partial charge is 0.146 e.